The quantitative estimate of drug-likeness (QED) is 0.655. The molecule has 0 saturated heterocycles. The Hall–Kier alpha value is -2.23. The van der Waals surface area contributed by atoms with Crippen molar-refractivity contribution in [2.75, 3.05) is 0 Å². The third kappa shape index (κ3) is 1.57. The van der Waals surface area contributed by atoms with Gasteiger partial charge >= 0.3 is 0 Å². The van der Waals surface area contributed by atoms with E-state index in [0.717, 1.165) is 17.0 Å². The van der Waals surface area contributed by atoms with Gasteiger partial charge in [-0.2, -0.15) is 5.10 Å². The lowest BCUT2D eigenvalue weighted by Gasteiger charge is -2.03. The molecule has 2 heterocycles. The molecule has 0 bridgehead atoms. The van der Waals surface area contributed by atoms with Crippen molar-refractivity contribution in [2.45, 2.75) is 13.8 Å². The number of halogens is 1. The maximum atomic E-state index is 13.7. The van der Waals surface area contributed by atoms with Crippen molar-refractivity contribution in [1.82, 2.24) is 14.6 Å². The van der Waals surface area contributed by atoms with Crippen LogP contribution in [0, 0.1) is 19.7 Å². The minimum atomic E-state index is -0.265. The van der Waals surface area contributed by atoms with Gasteiger partial charge in [-0.1, -0.05) is 12.1 Å². The van der Waals surface area contributed by atoms with E-state index in [1.54, 1.807) is 28.8 Å². The second-order valence-corrected chi connectivity index (χ2v) is 4.25. The normalized spacial score (nSPS) is 11.1. The molecular weight excluding hydrogens is 229 g/mol. The van der Waals surface area contributed by atoms with Crippen LogP contribution in [0.15, 0.2) is 36.4 Å². The van der Waals surface area contributed by atoms with Crippen LogP contribution in [0.25, 0.3) is 16.9 Å². The number of nitrogens with zero attached hydrogens (tertiary/aromatic N) is 3. The number of imidazole rings is 1. The molecule has 90 valence electrons. The number of rotatable bonds is 1. The van der Waals surface area contributed by atoms with Gasteiger partial charge < -0.3 is 0 Å². The highest BCUT2D eigenvalue weighted by Crippen LogP contribution is 2.21. The molecule has 0 aliphatic heterocycles. The lowest BCUT2D eigenvalue weighted by molar-refractivity contribution is 0.630. The average molecular weight is 241 g/mol. The largest absolute Gasteiger partial charge is 0.232 e. The van der Waals surface area contributed by atoms with Gasteiger partial charge in [0.15, 0.2) is 5.65 Å². The highest BCUT2D eigenvalue weighted by atomic mass is 19.1. The van der Waals surface area contributed by atoms with Gasteiger partial charge in [-0.25, -0.2) is 13.9 Å². The number of aromatic nitrogens is 3. The molecule has 0 fully saturated rings. The Morgan fingerprint density at radius 3 is 2.61 bits per heavy atom. The van der Waals surface area contributed by atoms with Crippen molar-refractivity contribution < 1.29 is 4.39 Å². The predicted molar refractivity (Wildman–Crippen MR) is 67.9 cm³/mol. The molecule has 0 aliphatic carbocycles. The lowest BCUT2D eigenvalue weighted by Crippen LogP contribution is -1.97. The summed E-state index contributed by atoms with van der Waals surface area (Å²) in [6.45, 7) is 3.89. The van der Waals surface area contributed by atoms with Crippen LogP contribution in [-0.4, -0.2) is 14.6 Å². The van der Waals surface area contributed by atoms with Gasteiger partial charge in [0.25, 0.3) is 0 Å². The Labute approximate surface area is 104 Å². The van der Waals surface area contributed by atoms with Gasteiger partial charge in [-0.3, -0.25) is 0 Å². The second kappa shape index (κ2) is 3.91. The van der Waals surface area contributed by atoms with Crippen molar-refractivity contribution in [3.8, 4) is 11.3 Å². The minimum Gasteiger partial charge on any atom is -0.232 e. The topological polar surface area (TPSA) is 30.2 Å². The van der Waals surface area contributed by atoms with Crippen LogP contribution >= 0.6 is 0 Å². The van der Waals surface area contributed by atoms with Crippen molar-refractivity contribution in [3.05, 3.63) is 53.6 Å². The fourth-order valence-corrected chi connectivity index (χ4v) is 1.97. The van der Waals surface area contributed by atoms with E-state index in [4.69, 9.17) is 0 Å². The van der Waals surface area contributed by atoms with Crippen LogP contribution in [0.1, 0.15) is 11.4 Å². The molecule has 0 N–H and O–H groups in total. The van der Waals surface area contributed by atoms with Gasteiger partial charge in [0, 0.05) is 5.56 Å². The van der Waals surface area contributed by atoms with Crippen LogP contribution in [0.5, 0.6) is 0 Å². The lowest BCUT2D eigenvalue weighted by atomic mass is 10.1. The molecule has 0 amide bonds. The second-order valence-electron chi connectivity index (χ2n) is 4.25. The molecule has 1 aromatic carbocycles. The molecule has 18 heavy (non-hydrogen) atoms. The highest BCUT2D eigenvalue weighted by Gasteiger charge is 2.09. The van der Waals surface area contributed by atoms with Gasteiger partial charge in [-0.15, -0.1) is 0 Å². The maximum Gasteiger partial charge on any atom is 0.154 e. The molecule has 0 atom stereocenters. The smallest absolute Gasteiger partial charge is 0.154 e. The first-order valence-electron chi connectivity index (χ1n) is 5.75. The first-order valence-corrected chi connectivity index (χ1v) is 5.75. The van der Waals surface area contributed by atoms with Gasteiger partial charge in [0.1, 0.15) is 5.82 Å². The third-order valence-electron chi connectivity index (χ3n) is 3.09. The van der Waals surface area contributed by atoms with E-state index in [0.29, 0.717) is 11.3 Å². The van der Waals surface area contributed by atoms with Gasteiger partial charge in [0.05, 0.1) is 17.1 Å². The third-order valence-corrected chi connectivity index (χ3v) is 3.09. The molecular formula is C14H12FN3. The molecule has 0 saturated carbocycles. The number of hydrogen-bond acceptors (Lipinski definition) is 2. The van der Waals surface area contributed by atoms with Crippen LogP contribution in [0.2, 0.25) is 0 Å². The van der Waals surface area contributed by atoms with E-state index >= 15 is 0 Å². The Bertz CT molecular complexity index is 731. The number of aryl methyl sites for hydroxylation is 2. The predicted octanol–water partition coefficient (Wildman–Crippen LogP) is 3.15. The average Bonchev–Trinajstić information content (AvgIpc) is 2.66. The summed E-state index contributed by atoms with van der Waals surface area (Å²) in [7, 11) is 0. The number of fused-ring (bicyclic) bond motifs is 1. The first-order chi connectivity index (χ1) is 8.66. The van der Waals surface area contributed by atoms with E-state index in [2.05, 4.69) is 10.1 Å². The number of hydrogen-bond donors (Lipinski definition) is 0. The van der Waals surface area contributed by atoms with Crippen LogP contribution in [-0.2, 0) is 0 Å². The fraction of sp³-hybridized carbons (Fsp3) is 0.143. The van der Waals surface area contributed by atoms with Gasteiger partial charge in [-0.05, 0) is 38.1 Å². The maximum absolute atomic E-state index is 13.7. The summed E-state index contributed by atoms with van der Waals surface area (Å²) in [6.07, 6.45) is 0. The highest BCUT2D eigenvalue weighted by molar-refractivity contribution is 5.61. The van der Waals surface area contributed by atoms with E-state index in [9.17, 15) is 4.39 Å². The van der Waals surface area contributed by atoms with E-state index < -0.39 is 0 Å². The summed E-state index contributed by atoms with van der Waals surface area (Å²) in [5.41, 5.74) is 3.81. The summed E-state index contributed by atoms with van der Waals surface area (Å²) in [5.74, 6) is -0.265. The minimum absolute atomic E-state index is 0.265. The van der Waals surface area contributed by atoms with E-state index in [1.807, 2.05) is 19.9 Å². The zero-order chi connectivity index (χ0) is 12.7. The summed E-state index contributed by atoms with van der Waals surface area (Å²) in [4.78, 5) is 4.38. The van der Waals surface area contributed by atoms with E-state index in [-0.39, 0.29) is 5.82 Å². The standard InChI is InChI=1S/C14H12FN3/c1-9-10(2)18-14(16-9)8-7-13(17-18)11-5-3-4-6-12(11)15/h3-8H,1-2H3. The zero-order valence-electron chi connectivity index (χ0n) is 10.2. The number of benzene rings is 1. The van der Waals surface area contributed by atoms with Crippen molar-refractivity contribution in [1.29, 1.82) is 0 Å². The molecule has 0 aliphatic rings. The molecule has 3 nitrogen and oxygen atoms in total. The van der Waals surface area contributed by atoms with E-state index in [1.165, 1.54) is 6.07 Å². The SMILES string of the molecule is Cc1nc2ccc(-c3ccccc3F)nn2c1C. The summed E-state index contributed by atoms with van der Waals surface area (Å²) >= 11 is 0. The Morgan fingerprint density at radius 2 is 1.83 bits per heavy atom. The molecule has 3 rings (SSSR count). The molecule has 4 heteroatoms. The first kappa shape index (κ1) is 10.9. The van der Waals surface area contributed by atoms with Crippen molar-refractivity contribution in [3.63, 3.8) is 0 Å². The zero-order valence-corrected chi connectivity index (χ0v) is 10.2. The fourth-order valence-electron chi connectivity index (χ4n) is 1.97. The van der Waals surface area contributed by atoms with Crippen LogP contribution < -0.4 is 0 Å². The van der Waals surface area contributed by atoms with Gasteiger partial charge in [0.2, 0.25) is 0 Å². The molecule has 0 radical (unpaired) electrons. The Balaban J connectivity index is 2.25. The summed E-state index contributed by atoms with van der Waals surface area (Å²) < 4.78 is 15.5. The van der Waals surface area contributed by atoms with Crippen molar-refractivity contribution >= 4 is 5.65 Å². The monoisotopic (exact) mass is 241 g/mol. The molecule has 0 spiro atoms. The Morgan fingerprint density at radius 1 is 1.06 bits per heavy atom. The summed E-state index contributed by atoms with van der Waals surface area (Å²) in [6, 6.07) is 10.3. The van der Waals surface area contributed by atoms with Crippen LogP contribution in [0.3, 0.4) is 0 Å². The summed E-state index contributed by atoms with van der Waals surface area (Å²) in [5, 5.41) is 4.44. The molecule has 0 unspecified atom stereocenters. The molecule has 3 aromatic rings. The van der Waals surface area contributed by atoms with Crippen LogP contribution in [0.4, 0.5) is 4.39 Å². The Kier molecular flexibility index (Phi) is 2.37. The molecule has 2 aromatic heterocycles. The van der Waals surface area contributed by atoms with Crippen molar-refractivity contribution in [2.24, 2.45) is 0 Å².